The molecule has 1 atom stereocenters. The van der Waals surface area contributed by atoms with E-state index in [0.717, 1.165) is 45.3 Å². The second kappa shape index (κ2) is 16.6. The first kappa shape index (κ1) is 23.5. The average Bonchev–Trinajstić information content (AvgIpc) is 3.07. The van der Waals surface area contributed by atoms with Crippen LogP contribution in [0.4, 0.5) is 0 Å². The number of β-amino-alcohol motifs (C(OH)–C–C–N with tert-alkyl or cyclic N) is 1. The minimum absolute atomic E-state index is 0.180. The average molecular weight is 367 g/mol. The number of amidine groups is 1. The lowest BCUT2D eigenvalue weighted by molar-refractivity contribution is 0.133. The Hall–Kier alpha value is -0.570. The quantitative estimate of drug-likeness (QED) is 0.287. The molecule has 1 rings (SSSR count). The Balaban J connectivity index is 1.93. The van der Waals surface area contributed by atoms with Gasteiger partial charge in [-0.1, -0.05) is 97.3 Å². The number of unbranched alkanes of at least 4 members (excludes halogenated alkanes) is 12. The molecule has 0 aromatic heterocycles. The molecule has 1 N–H and O–H groups in total. The molecule has 1 aliphatic heterocycles. The van der Waals surface area contributed by atoms with E-state index in [2.05, 4.69) is 23.7 Å². The van der Waals surface area contributed by atoms with Crippen LogP contribution < -0.4 is 0 Å². The maximum absolute atomic E-state index is 10.1. The van der Waals surface area contributed by atoms with Crippen LogP contribution in [-0.4, -0.2) is 41.6 Å². The molecule has 1 unspecified atom stereocenters. The predicted octanol–water partition coefficient (Wildman–Crippen LogP) is 6.34. The minimum atomic E-state index is -0.180. The number of aliphatic imine (C=N–C) groups is 1. The van der Waals surface area contributed by atoms with Crippen molar-refractivity contribution in [2.75, 3.05) is 19.6 Å². The zero-order valence-electron chi connectivity index (χ0n) is 17.9. The summed E-state index contributed by atoms with van der Waals surface area (Å²) in [5.41, 5.74) is 0. The molecule has 1 heterocycles. The Bertz CT molecular complexity index is 343. The summed E-state index contributed by atoms with van der Waals surface area (Å²) >= 11 is 0. The van der Waals surface area contributed by atoms with Crippen LogP contribution in [0.3, 0.4) is 0 Å². The first-order valence-electron chi connectivity index (χ1n) is 11.7. The molecule has 0 aliphatic carbocycles. The monoisotopic (exact) mass is 366 g/mol. The van der Waals surface area contributed by atoms with E-state index < -0.39 is 0 Å². The summed E-state index contributed by atoms with van der Waals surface area (Å²) in [4.78, 5) is 7.00. The van der Waals surface area contributed by atoms with E-state index in [0.29, 0.717) is 0 Å². The van der Waals surface area contributed by atoms with Gasteiger partial charge >= 0.3 is 0 Å². The fraction of sp³-hybridized carbons (Fsp3) is 0.957. The van der Waals surface area contributed by atoms with E-state index in [1.807, 2.05) is 0 Å². The first-order valence-corrected chi connectivity index (χ1v) is 11.7. The first-order chi connectivity index (χ1) is 12.8. The van der Waals surface area contributed by atoms with E-state index in [1.165, 1.54) is 82.9 Å². The highest BCUT2D eigenvalue weighted by Gasteiger charge is 2.19. The largest absolute Gasteiger partial charge is 0.391 e. The summed E-state index contributed by atoms with van der Waals surface area (Å²) in [5.74, 6) is 1.26. The predicted molar refractivity (Wildman–Crippen MR) is 115 cm³/mol. The summed E-state index contributed by atoms with van der Waals surface area (Å²) < 4.78 is 0. The van der Waals surface area contributed by atoms with Gasteiger partial charge in [0.1, 0.15) is 0 Å². The molecule has 0 saturated carbocycles. The van der Waals surface area contributed by atoms with E-state index in [4.69, 9.17) is 0 Å². The van der Waals surface area contributed by atoms with Crippen LogP contribution in [0.5, 0.6) is 0 Å². The van der Waals surface area contributed by atoms with Gasteiger partial charge in [-0.3, -0.25) is 4.99 Å². The maximum Gasteiger partial charge on any atom is 0.0991 e. The Morgan fingerprint density at radius 1 is 0.808 bits per heavy atom. The molecule has 0 amide bonds. The highest BCUT2D eigenvalue weighted by atomic mass is 16.3. The summed E-state index contributed by atoms with van der Waals surface area (Å²) in [7, 11) is 0. The SMILES string of the molecule is CCCCCCCCCCCCCCC1=NCCN1CC(O)CCCC. The van der Waals surface area contributed by atoms with Gasteiger partial charge in [-0.05, 0) is 12.8 Å². The van der Waals surface area contributed by atoms with Crippen molar-refractivity contribution in [1.29, 1.82) is 0 Å². The molecule has 0 aromatic rings. The van der Waals surface area contributed by atoms with Gasteiger partial charge < -0.3 is 10.0 Å². The van der Waals surface area contributed by atoms with Gasteiger partial charge in [0, 0.05) is 19.5 Å². The Labute approximate surface area is 163 Å². The normalized spacial score (nSPS) is 15.5. The van der Waals surface area contributed by atoms with Crippen molar-refractivity contribution >= 4 is 5.84 Å². The summed E-state index contributed by atoms with van der Waals surface area (Å²) in [6.07, 6.45) is 20.9. The standard InChI is InChI=1S/C23H46N2O/c1-3-5-7-8-9-10-11-12-13-14-15-16-18-23-24-19-20-25(23)21-22(26)17-6-4-2/h22,26H,3-21H2,1-2H3. The molecule has 3 nitrogen and oxygen atoms in total. The topological polar surface area (TPSA) is 35.8 Å². The number of aliphatic hydroxyl groups excluding tert-OH is 1. The second-order valence-corrected chi connectivity index (χ2v) is 8.18. The summed E-state index contributed by atoms with van der Waals surface area (Å²) in [6.45, 7) is 7.19. The third-order valence-electron chi connectivity index (χ3n) is 5.61. The van der Waals surface area contributed by atoms with Gasteiger partial charge in [-0.2, -0.15) is 0 Å². The van der Waals surface area contributed by atoms with Crippen LogP contribution in [0.25, 0.3) is 0 Å². The number of rotatable bonds is 18. The maximum atomic E-state index is 10.1. The van der Waals surface area contributed by atoms with Gasteiger partial charge in [0.2, 0.25) is 0 Å². The molecule has 1 aliphatic rings. The van der Waals surface area contributed by atoms with Crippen molar-refractivity contribution < 1.29 is 5.11 Å². The number of aliphatic hydroxyl groups is 1. The molecule has 0 bridgehead atoms. The van der Waals surface area contributed by atoms with Crippen LogP contribution in [0.1, 0.15) is 117 Å². The van der Waals surface area contributed by atoms with Crippen LogP contribution in [0, 0.1) is 0 Å². The lowest BCUT2D eigenvalue weighted by Gasteiger charge is -2.23. The Morgan fingerprint density at radius 2 is 1.35 bits per heavy atom. The van der Waals surface area contributed by atoms with Gasteiger partial charge in [-0.15, -0.1) is 0 Å². The lowest BCUT2D eigenvalue weighted by atomic mass is 10.0. The molecule has 0 spiro atoms. The fourth-order valence-corrected chi connectivity index (χ4v) is 3.87. The molecule has 154 valence electrons. The van der Waals surface area contributed by atoms with Crippen molar-refractivity contribution in [3.63, 3.8) is 0 Å². The molecular weight excluding hydrogens is 320 g/mol. The molecule has 0 fully saturated rings. The highest BCUT2D eigenvalue weighted by Crippen LogP contribution is 2.15. The van der Waals surface area contributed by atoms with Crippen molar-refractivity contribution in [1.82, 2.24) is 4.90 Å². The third-order valence-corrected chi connectivity index (χ3v) is 5.61. The van der Waals surface area contributed by atoms with Crippen molar-refractivity contribution in [2.45, 2.75) is 123 Å². The highest BCUT2D eigenvalue weighted by molar-refractivity contribution is 5.83. The van der Waals surface area contributed by atoms with Gasteiger partial charge in [-0.25, -0.2) is 0 Å². The van der Waals surface area contributed by atoms with Crippen LogP contribution in [0.15, 0.2) is 4.99 Å². The van der Waals surface area contributed by atoms with Gasteiger partial charge in [0.15, 0.2) is 0 Å². The van der Waals surface area contributed by atoms with Gasteiger partial charge in [0.25, 0.3) is 0 Å². The fourth-order valence-electron chi connectivity index (χ4n) is 3.87. The van der Waals surface area contributed by atoms with Gasteiger partial charge in [0.05, 0.1) is 18.5 Å². The number of hydrogen-bond donors (Lipinski definition) is 1. The smallest absolute Gasteiger partial charge is 0.0991 e. The molecule has 0 aromatic carbocycles. The number of nitrogens with zero attached hydrogens (tertiary/aromatic N) is 2. The summed E-state index contributed by atoms with van der Waals surface area (Å²) in [6, 6.07) is 0. The second-order valence-electron chi connectivity index (χ2n) is 8.18. The summed E-state index contributed by atoms with van der Waals surface area (Å²) in [5, 5.41) is 10.1. The van der Waals surface area contributed by atoms with Crippen molar-refractivity contribution in [2.24, 2.45) is 4.99 Å². The third kappa shape index (κ3) is 11.9. The van der Waals surface area contributed by atoms with Crippen LogP contribution in [-0.2, 0) is 0 Å². The van der Waals surface area contributed by atoms with E-state index >= 15 is 0 Å². The minimum Gasteiger partial charge on any atom is -0.391 e. The van der Waals surface area contributed by atoms with Crippen molar-refractivity contribution in [3.05, 3.63) is 0 Å². The molecule has 3 heteroatoms. The van der Waals surface area contributed by atoms with E-state index in [-0.39, 0.29) is 6.10 Å². The van der Waals surface area contributed by atoms with Crippen LogP contribution >= 0.6 is 0 Å². The van der Waals surface area contributed by atoms with Crippen molar-refractivity contribution in [3.8, 4) is 0 Å². The van der Waals surface area contributed by atoms with E-state index in [9.17, 15) is 5.11 Å². The van der Waals surface area contributed by atoms with Crippen LogP contribution in [0.2, 0.25) is 0 Å². The lowest BCUT2D eigenvalue weighted by Crippen LogP contribution is -2.35. The van der Waals surface area contributed by atoms with E-state index in [1.54, 1.807) is 0 Å². The molecule has 26 heavy (non-hydrogen) atoms. The molecule has 0 radical (unpaired) electrons. The number of hydrogen-bond acceptors (Lipinski definition) is 3. The molecular formula is C23H46N2O. The Morgan fingerprint density at radius 3 is 1.92 bits per heavy atom. The Kier molecular flexibility index (Phi) is 15.0. The zero-order valence-corrected chi connectivity index (χ0v) is 17.9. The molecule has 0 saturated heterocycles. The zero-order chi connectivity index (χ0) is 18.9.